The van der Waals surface area contributed by atoms with Crippen molar-refractivity contribution >= 4 is 5.91 Å². The highest BCUT2D eigenvalue weighted by atomic mass is 16.2. The predicted molar refractivity (Wildman–Crippen MR) is 97.0 cm³/mol. The van der Waals surface area contributed by atoms with Crippen LogP contribution in [-0.2, 0) is 0 Å². The molecule has 3 aromatic rings. The maximum Gasteiger partial charge on any atom is 0.254 e. The Labute approximate surface area is 152 Å². The molecule has 0 saturated carbocycles. The van der Waals surface area contributed by atoms with Gasteiger partial charge in [0.1, 0.15) is 0 Å². The number of carbonyl (C=O) groups excluding carboxylic acids is 1. The molecule has 0 N–H and O–H groups in total. The highest BCUT2D eigenvalue weighted by molar-refractivity contribution is 5.95. The molecule has 2 unspecified atom stereocenters. The minimum absolute atomic E-state index is 0.156. The number of fused-ring (bicyclic) bond motifs is 2. The lowest BCUT2D eigenvalue weighted by Gasteiger charge is -2.38. The van der Waals surface area contributed by atoms with Crippen molar-refractivity contribution < 1.29 is 4.79 Å². The molecule has 0 spiro atoms. The fourth-order valence-corrected chi connectivity index (χ4v) is 4.51. The number of nitrogens with zero attached hydrogens (tertiary/aromatic N) is 5. The number of hydrogen-bond donors (Lipinski definition) is 0. The summed E-state index contributed by atoms with van der Waals surface area (Å²) in [7, 11) is 0. The van der Waals surface area contributed by atoms with Gasteiger partial charge in [0.05, 0.1) is 18.4 Å². The SMILES string of the molecule is O=C(c1ccc(-n2cccc2)cc1)N1C2CCC1CC(n1nccn1)C2. The molecule has 4 heterocycles. The summed E-state index contributed by atoms with van der Waals surface area (Å²) in [4.78, 5) is 17.1. The molecule has 2 fully saturated rings. The van der Waals surface area contributed by atoms with Gasteiger partial charge in [-0.2, -0.15) is 15.0 Å². The van der Waals surface area contributed by atoms with E-state index in [1.54, 1.807) is 12.4 Å². The van der Waals surface area contributed by atoms with Gasteiger partial charge in [-0.15, -0.1) is 0 Å². The molecule has 2 atom stereocenters. The van der Waals surface area contributed by atoms with E-state index in [2.05, 4.69) is 15.1 Å². The molecular weight excluding hydrogens is 326 g/mol. The van der Waals surface area contributed by atoms with Crippen LogP contribution in [0.3, 0.4) is 0 Å². The number of rotatable bonds is 3. The second-order valence-electron chi connectivity index (χ2n) is 7.21. The van der Waals surface area contributed by atoms with Crippen LogP contribution >= 0.6 is 0 Å². The molecule has 2 aliphatic rings. The summed E-state index contributed by atoms with van der Waals surface area (Å²) in [5.74, 6) is 0.156. The van der Waals surface area contributed by atoms with E-state index in [0.717, 1.165) is 36.9 Å². The summed E-state index contributed by atoms with van der Waals surface area (Å²) in [6.45, 7) is 0. The van der Waals surface area contributed by atoms with Crippen LogP contribution < -0.4 is 0 Å². The summed E-state index contributed by atoms with van der Waals surface area (Å²) < 4.78 is 2.04. The van der Waals surface area contributed by atoms with E-state index in [1.165, 1.54) is 0 Å². The fraction of sp³-hybridized carbons (Fsp3) is 0.350. The van der Waals surface area contributed by atoms with Crippen LogP contribution in [0.25, 0.3) is 5.69 Å². The van der Waals surface area contributed by atoms with Gasteiger partial charge in [-0.1, -0.05) is 0 Å². The third kappa shape index (κ3) is 2.53. The lowest BCUT2D eigenvalue weighted by atomic mass is 9.96. The minimum atomic E-state index is 0.156. The van der Waals surface area contributed by atoms with E-state index < -0.39 is 0 Å². The van der Waals surface area contributed by atoms with Gasteiger partial charge in [0.2, 0.25) is 0 Å². The normalized spacial score (nSPS) is 24.8. The van der Waals surface area contributed by atoms with Crippen molar-refractivity contribution in [3.63, 3.8) is 0 Å². The van der Waals surface area contributed by atoms with Crippen molar-refractivity contribution in [1.82, 2.24) is 24.5 Å². The van der Waals surface area contributed by atoms with Crippen molar-refractivity contribution in [2.45, 2.75) is 43.8 Å². The average Bonchev–Trinajstić information content (AvgIpc) is 3.42. The van der Waals surface area contributed by atoms with E-state index in [0.29, 0.717) is 18.1 Å². The van der Waals surface area contributed by atoms with E-state index in [1.807, 2.05) is 58.2 Å². The van der Waals surface area contributed by atoms with Crippen molar-refractivity contribution in [2.24, 2.45) is 0 Å². The van der Waals surface area contributed by atoms with Crippen LogP contribution in [0.4, 0.5) is 0 Å². The van der Waals surface area contributed by atoms with Gasteiger partial charge in [-0.25, -0.2) is 0 Å². The third-order valence-corrected chi connectivity index (χ3v) is 5.72. The number of piperidine rings is 1. The van der Waals surface area contributed by atoms with E-state index in [9.17, 15) is 4.79 Å². The van der Waals surface area contributed by atoms with Crippen molar-refractivity contribution in [1.29, 1.82) is 0 Å². The predicted octanol–water partition coefficient (Wildman–Crippen LogP) is 3.08. The van der Waals surface area contributed by atoms with Crippen LogP contribution in [-0.4, -0.2) is 42.5 Å². The molecular formula is C20H21N5O. The molecule has 5 rings (SSSR count). The maximum atomic E-state index is 13.1. The van der Waals surface area contributed by atoms with E-state index in [-0.39, 0.29) is 5.91 Å². The molecule has 6 nitrogen and oxygen atoms in total. The Hall–Kier alpha value is -2.89. The summed E-state index contributed by atoms with van der Waals surface area (Å²) in [6.07, 6.45) is 11.5. The molecule has 2 saturated heterocycles. The fourth-order valence-electron chi connectivity index (χ4n) is 4.51. The van der Waals surface area contributed by atoms with Crippen LogP contribution in [0.15, 0.2) is 61.2 Å². The number of amides is 1. The van der Waals surface area contributed by atoms with Crippen LogP contribution in [0.5, 0.6) is 0 Å². The number of benzene rings is 1. The molecule has 2 aliphatic heterocycles. The molecule has 1 amide bonds. The summed E-state index contributed by atoms with van der Waals surface area (Å²) in [5, 5.41) is 8.60. The summed E-state index contributed by atoms with van der Waals surface area (Å²) in [5.41, 5.74) is 1.84. The number of carbonyl (C=O) groups is 1. The Morgan fingerprint density at radius 3 is 2.12 bits per heavy atom. The van der Waals surface area contributed by atoms with E-state index in [4.69, 9.17) is 0 Å². The Morgan fingerprint density at radius 1 is 0.885 bits per heavy atom. The summed E-state index contributed by atoms with van der Waals surface area (Å²) in [6, 6.07) is 12.8. The molecule has 2 aromatic heterocycles. The molecule has 1 aromatic carbocycles. The van der Waals surface area contributed by atoms with Crippen molar-refractivity contribution in [3.8, 4) is 5.69 Å². The average molecular weight is 347 g/mol. The van der Waals surface area contributed by atoms with Gasteiger partial charge in [0.15, 0.2) is 0 Å². The lowest BCUT2D eigenvalue weighted by molar-refractivity contribution is 0.0512. The van der Waals surface area contributed by atoms with Gasteiger partial charge in [0, 0.05) is 35.7 Å². The van der Waals surface area contributed by atoms with Crippen LogP contribution in [0.1, 0.15) is 42.1 Å². The maximum absolute atomic E-state index is 13.1. The van der Waals surface area contributed by atoms with Crippen LogP contribution in [0, 0.1) is 0 Å². The largest absolute Gasteiger partial charge is 0.333 e. The monoisotopic (exact) mass is 347 g/mol. The second kappa shape index (κ2) is 6.12. The molecule has 0 aliphatic carbocycles. The highest BCUT2D eigenvalue weighted by Gasteiger charge is 2.44. The molecule has 132 valence electrons. The molecule has 2 bridgehead atoms. The molecule has 0 radical (unpaired) electrons. The smallest absolute Gasteiger partial charge is 0.254 e. The van der Waals surface area contributed by atoms with Gasteiger partial charge in [0.25, 0.3) is 5.91 Å². The van der Waals surface area contributed by atoms with Crippen molar-refractivity contribution in [2.75, 3.05) is 0 Å². The van der Waals surface area contributed by atoms with Gasteiger partial charge >= 0.3 is 0 Å². The first kappa shape index (κ1) is 15.4. The Balaban J connectivity index is 1.35. The second-order valence-corrected chi connectivity index (χ2v) is 7.21. The van der Waals surface area contributed by atoms with Crippen LogP contribution in [0.2, 0.25) is 0 Å². The molecule has 26 heavy (non-hydrogen) atoms. The first-order valence-corrected chi connectivity index (χ1v) is 9.21. The summed E-state index contributed by atoms with van der Waals surface area (Å²) >= 11 is 0. The zero-order chi connectivity index (χ0) is 17.5. The quantitative estimate of drug-likeness (QED) is 0.732. The first-order chi connectivity index (χ1) is 12.8. The molecule has 6 heteroatoms. The minimum Gasteiger partial charge on any atom is -0.333 e. The Kier molecular flexibility index (Phi) is 3.62. The van der Waals surface area contributed by atoms with E-state index >= 15 is 0 Å². The van der Waals surface area contributed by atoms with Gasteiger partial charge in [-0.05, 0) is 62.1 Å². The Morgan fingerprint density at radius 2 is 1.50 bits per heavy atom. The topological polar surface area (TPSA) is 56.0 Å². The van der Waals surface area contributed by atoms with Gasteiger partial charge < -0.3 is 9.47 Å². The van der Waals surface area contributed by atoms with Crippen molar-refractivity contribution in [3.05, 3.63) is 66.7 Å². The zero-order valence-electron chi connectivity index (χ0n) is 14.5. The zero-order valence-corrected chi connectivity index (χ0v) is 14.5. The standard InChI is InChI=1S/C20H21N5O/c26-20(15-3-5-16(6-4-15)23-11-1-2-12-23)24-17-7-8-18(24)14-19(13-17)25-21-9-10-22-25/h1-6,9-12,17-19H,7-8,13-14H2. The number of hydrogen-bond acceptors (Lipinski definition) is 3. The first-order valence-electron chi connectivity index (χ1n) is 9.21. The third-order valence-electron chi connectivity index (χ3n) is 5.72. The lowest BCUT2D eigenvalue weighted by Crippen LogP contribution is -2.47. The Bertz CT molecular complexity index is 871. The number of aromatic nitrogens is 4. The van der Waals surface area contributed by atoms with Gasteiger partial charge in [-0.3, -0.25) is 4.79 Å². The highest BCUT2D eigenvalue weighted by Crippen LogP contribution is 2.41.